The van der Waals surface area contributed by atoms with Gasteiger partial charge in [0.25, 0.3) is 0 Å². The van der Waals surface area contributed by atoms with Crippen molar-refractivity contribution in [2.24, 2.45) is 0 Å². The van der Waals surface area contributed by atoms with E-state index >= 15 is 0 Å². The van der Waals surface area contributed by atoms with Crippen molar-refractivity contribution in [1.29, 1.82) is 0 Å². The van der Waals surface area contributed by atoms with Crippen molar-refractivity contribution in [3.63, 3.8) is 0 Å². The zero-order valence-electron chi connectivity index (χ0n) is 7.81. The predicted octanol–water partition coefficient (Wildman–Crippen LogP) is 2.18. The van der Waals surface area contributed by atoms with E-state index in [0.29, 0.717) is 17.7 Å². The Morgan fingerprint density at radius 1 is 1.14 bits per heavy atom. The van der Waals surface area contributed by atoms with Crippen LogP contribution in [0.3, 0.4) is 0 Å². The first-order chi connectivity index (χ1) is 6.60. The van der Waals surface area contributed by atoms with Crippen LogP contribution in [0.1, 0.15) is 12.8 Å². The number of hydrogen-bond donors (Lipinski definition) is 0. The second-order valence-corrected chi connectivity index (χ2v) is 5.87. The van der Waals surface area contributed by atoms with Crippen molar-refractivity contribution in [3.8, 4) is 0 Å². The maximum absolute atomic E-state index is 11.9. The molecule has 0 amide bonds. The lowest BCUT2D eigenvalue weighted by molar-refractivity contribution is 0.552. The first-order valence-electron chi connectivity index (χ1n) is 4.56. The van der Waals surface area contributed by atoms with E-state index in [2.05, 4.69) is 6.58 Å². The van der Waals surface area contributed by atoms with Crippen molar-refractivity contribution in [1.82, 2.24) is 0 Å². The van der Waals surface area contributed by atoms with Crippen molar-refractivity contribution >= 4 is 9.84 Å². The number of hydrogen-bond acceptors (Lipinski definition) is 2. The SMILES string of the molecule is C=C1CC(S(=O)(=O)c2ccccc2)C1. The second kappa shape index (κ2) is 3.24. The molecule has 14 heavy (non-hydrogen) atoms. The third-order valence-electron chi connectivity index (χ3n) is 2.54. The molecule has 0 radical (unpaired) electrons. The molecule has 1 aromatic rings. The van der Waals surface area contributed by atoms with Crippen LogP contribution < -0.4 is 0 Å². The molecule has 1 fully saturated rings. The van der Waals surface area contributed by atoms with Gasteiger partial charge in [-0.05, 0) is 25.0 Å². The normalized spacial score (nSPS) is 17.9. The first-order valence-corrected chi connectivity index (χ1v) is 6.11. The van der Waals surface area contributed by atoms with E-state index in [-0.39, 0.29) is 5.25 Å². The minimum absolute atomic E-state index is 0.239. The van der Waals surface area contributed by atoms with Crippen molar-refractivity contribution < 1.29 is 8.42 Å². The molecule has 0 heterocycles. The average Bonchev–Trinajstić information content (AvgIpc) is 2.14. The standard InChI is InChI=1S/C11H12O2S/c1-9-7-11(8-9)14(12,13)10-5-3-2-4-6-10/h2-6,11H,1,7-8H2. The van der Waals surface area contributed by atoms with Gasteiger partial charge in [-0.15, -0.1) is 0 Å². The third-order valence-corrected chi connectivity index (χ3v) is 4.68. The van der Waals surface area contributed by atoms with Crippen LogP contribution in [0.2, 0.25) is 0 Å². The molecule has 0 saturated heterocycles. The topological polar surface area (TPSA) is 34.1 Å². The summed E-state index contributed by atoms with van der Waals surface area (Å²) in [5, 5.41) is -0.239. The summed E-state index contributed by atoms with van der Waals surface area (Å²) < 4.78 is 23.8. The highest BCUT2D eigenvalue weighted by Crippen LogP contribution is 2.34. The van der Waals surface area contributed by atoms with Gasteiger partial charge < -0.3 is 0 Å². The van der Waals surface area contributed by atoms with E-state index in [4.69, 9.17) is 0 Å². The van der Waals surface area contributed by atoms with Gasteiger partial charge in [-0.3, -0.25) is 0 Å². The molecule has 1 aromatic carbocycles. The molecule has 0 spiro atoms. The van der Waals surface area contributed by atoms with E-state index in [1.807, 2.05) is 6.07 Å². The monoisotopic (exact) mass is 208 g/mol. The molecule has 1 aliphatic rings. The third kappa shape index (κ3) is 1.48. The summed E-state index contributed by atoms with van der Waals surface area (Å²) in [5.41, 5.74) is 1.04. The molecule has 1 saturated carbocycles. The summed E-state index contributed by atoms with van der Waals surface area (Å²) in [6, 6.07) is 8.62. The van der Waals surface area contributed by atoms with Gasteiger partial charge in [-0.2, -0.15) is 0 Å². The van der Waals surface area contributed by atoms with Crippen LogP contribution in [0.5, 0.6) is 0 Å². The summed E-state index contributed by atoms with van der Waals surface area (Å²) in [5.74, 6) is 0. The van der Waals surface area contributed by atoms with Gasteiger partial charge in [0.1, 0.15) is 0 Å². The quantitative estimate of drug-likeness (QED) is 0.698. The Hall–Kier alpha value is -1.09. The van der Waals surface area contributed by atoms with Crippen molar-refractivity contribution in [2.45, 2.75) is 23.0 Å². The molecule has 0 N–H and O–H groups in total. The van der Waals surface area contributed by atoms with Crippen molar-refractivity contribution in [3.05, 3.63) is 42.5 Å². The molecular formula is C11H12O2S. The highest BCUT2D eigenvalue weighted by Gasteiger charge is 2.34. The maximum Gasteiger partial charge on any atom is 0.181 e. The minimum atomic E-state index is -3.10. The van der Waals surface area contributed by atoms with Gasteiger partial charge in [0.15, 0.2) is 9.84 Å². The molecule has 0 atom stereocenters. The van der Waals surface area contributed by atoms with Crippen LogP contribution in [0.25, 0.3) is 0 Å². The van der Waals surface area contributed by atoms with Crippen molar-refractivity contribution in [2.75, 3.05) is 0 Å². The zero-order chi connectivity index (χ0) is 10.2. The van der Waals surface area contributed by atoms with Crippen LogP contribution in [0, 0.1) is 0 Å². The fraction of sp³-hybridized carbons (Fsp3) is 0.273. The van der Waals surface area contributed by atoms with Gasteiger partial charge in [-0.1, -0.05) is 30.4 Å². The second-order valence-electron chi connectivity index (χ2n) is 3.64. The Morgan fingerprint density at radius 3 is 2.21 bits per heavy atom. The van der Waals surface area contributed by atoms with Gasteiger partial charge >= 0.3 is 0 Å². The van der Waals surface area contributed by atoms with E-state index in [9.17, 15) is 8.42 Å². The number of rotatable bonds is 2. The maximum atomic E-state index is 11.9. The van der Waals surface area contributed by atoms with E-state index < -0.39 is 9.84 Å². The Kier molecular flexibility index (Phi) is 2.19. The Balaban J connectivity index is 2.30. The van der Waals surface area contributed by atoms with Crippen LogP contribution in [0.15, 0.2) is 47.4 Å². The van der Waals surface area contributed by atoms with Gasteiger partial charge in [0, 0.05) is 0 Å². The molecule has 0 aromatic heterocycles. The smallest absolute Gasteiger partial charge is 0.181 e. The predicted molar refractivity (Wildman–Crippen MR) is 55.8 cm³/mol. The molecule has 74 valence electrons. The number of allylic oxidation sites excluding steroid dienone is 1. The Morgan fingerprint density at radius 2 is 1.71 bits per heavy atom. The zero-order valence-corrected chi connectivity index (χ0v) is 8.63. The summed E-state index contributed by atoms with van der Waals surface area (Å²) in [6.07, 6.45) is 1.24. The van der Waals surface area contributed by atoms with Crippen LogP contribution in [-0.2, 0) is 9.84 Å². The molecule has 0 aliphatic heterocycles. The molecule has 1 aliphatic carbocycles. The summed E-state index contributed by atoms with van der Waals surface area (Å²) in [4.78, 5) is 0.428. The van der Waals surface area contributed by atoms with Gasteiger partial charge in [-0.25, -0.2) is 8.42 Å². The Labute approximate surface area is 84.2 Å². The molecule has 3 heteroatoms. The lowest BCUT2D eigenvalue weighted by Gasteiger charge is -2.27. The van der Waals surface area contributed by atoms with Crippen LogP contribution >= 0.6 is 0 Å². The van der Waals surface area contributed by atoms with E-state index in [1.54, 1.807) is 24.3 Å². The highest BCUT2D eigenvalue weighted by atomic mass is 32.2. The lowest BCUT2D eigenvalue weighted by Crippen LogP contribution is -2.30. The summed E-state index contributed by atoms with van der Waals surface area (Å²) >= 11 is 0. The molecule has 0 bridgehead atoms. The number of benzene rings is 1. The molecule has 2 nitrogen and oxygen atoms in total. The first kappa shape index (κ1) is 9.46. The van der Waals surface area contributed by atoms with Gasteiger partial charge in [0.05, 0.1) is 10.1 Å². The Bertz CT molecular complexity index is 437. The van der Waals surface area contributed by atoms with E-state index in [1.165, 1.54) is 0 Å². The highest BCUT2D eigenvalue weighted by molar-refractivity contribution is 7.92. The average molecular weight is 208 g/mol. The fourth-order valence-electron chi connectivity index (χ4n) is 1.61. The van der Waals surface area contributed by atoms with Gasteiger partial charge in [0.2, 0.25) is 0 Å². The summed E-state index contributed by atoms with van der Waals surface area (Å²) in [7, 11) is -3.10. The molecular weight excluding hydrogens is 196 g/mol. The largest absolute Gasteiger partial charge is 0.223 e. The number of sulfone groups is 1. The molecule has 2 rings (SSSR count). The van der Waals surface area contributed by atoms with Crippen LogP contribution in [0.4, 0.5) is 0 Å². The fourth-order valence-corrected chi connectivity index (χ4v) is 3.44. The summed E-state index contributed by atoms with van der Waals surface area (Å²) in [6.45, 7) is 3.75. The molecule has 0 unspecified atom stereocenters. The van der Waals surface area contributed by atoms with Crippen LogP contribution in [-0.4, -0.2) is 13.7 Å². The lowest BCUT2D eigenvalue weighted by atomic mass is 9.94. The minimum Gasteiger partial charge on any atom is -0.223 e. The van der Waals surface area contributed by atoms with E-state index in [0.717, 1.165) is 5.57 Å².